The summed E-state index contributed by atoms with van der Waals surface area (Å²) in [5.74, 6) is -1.12. The minimum absolute atomic E-state index is 0.0119. The monoisotopic (exact) mass is 420 g/mol. The van der Waals surface area contributed by atoms with E-state index in [1.54, 1.807) is 6.07 Å². The van der Waals surface area contributed by atoms with Gasteiger partial charge in [-0.2, -0.15) is 8.78 Å². The summed E-state index contributed by atoms with van der Waals surface area (Å²) in [5.41, 5.74) is 0.863. The van der Waals surface area contributed by atoms with Gasteiger partial charge >= 0.3 is 12.5 Å². The topological polar surface area (TPSA) is 18.5 Å². The first kappa shape index (κ1) is 23.1. The molecule has 0 saturated heterocycles. The molecule has 8 heteroatoms. The zero-order valence-corrected chi connectivity index (χ0v) is 15.9. The molecule has 0 aliphatic carbocycles. The Kier molecular flexibility index (Phi) is 7.96. The van der Waals surface area contributed by atoms with Crippen LogP contribution in [0.5, 0.6) is 5.75 Å². The van der Waals surface area contributed by atoms with E-state index in [1.807, 2.05) is 0 Å². The third-order valence-electron chi connectivity index (χ3n) is 4.19. The fourth-order valence-electron chi connectivity index (χ4n) is 2.72. The van der Waals surface area contributed by atoms with Crippen LogP contribution >= 0.6 is 0 Å². The molecule has 29 heavy (non-hydrogen) atoms. The first-order valence-electron chi connectivity index (χ1n) is 9.22. The lowest BCUT2D eigenvalue weighted by molar-refractivity contribution is -0.274. The Bertz CT molecular complexity index is 772. The molecule has 0 spiro atoms. The van der Waals surface area contributed by atoms with Gasteiger partial charge in [-0.05, 0) is 42.2 Å². The van der Waals surface area contributed by atoms with E-state index in [0.29, 0.717) is 0 Å². The summed E-state index contributed by atoms with van der Waals surface area (Å²) in [7, 11) is 0. The van der Waals surface area contributed by atoms with E-state index in [-0.39, 0.29) is 11.1 Å². The molecule has 2 rings (SSSR count). The second kappa shape index (κ2) is 10.0. The lowest BCUT2D eigenvalue weighted by Crippen LogP contribution is -2.24. The molecule has 0 unspecified atom stereocenters. The van der Waals surface area contributed by atoms with Gasteiger partial charge in [0.15, 0.2) is 0 Å². The standard InChI is InChI=1S/C21H22F6O2/c1-2-3-4-5-15-6-9-17(19(22)12-15)14-28-20(23,24)13-16-7-10-18(11-8-16)29-21(25,26)27/h6-12H,2-5,13-14H2,1H3. The van der Waals surface area contributed by atoms with Gasteiger partial charge in [-0.25, -0.2) is 4.39 Å². The Morgan fingerprint density at radius 3 is 2.10 bits per heavy atom. The maximum atomic E-state index is 14.1. The molecule has 0 bridgehead atoms. The van der Waals surface area contributed by atoms with Crippen LogP contribution in [0.2, 0.25) is 0 Å². The molecule has 160 valence electrons. The Labute approximate surface area is 165 Å². The van der Waals surface area contributed by atoms with Gasteiger partial charge in [0, 0.05) is 5.56 Å². The van der Waals surface area contributed by atoms with Gasteiger partial charge in [-0.15, -0.1) is 13.2 Å². The van der Waals surface area contributed by atoms with Crippen molar-refractivity contribution >= 4 is 0 Å². The van der Waals surface area contributed by atoms with Crippen LogP contribution in [-0.2, 0) is 24.2 Å². The van der Waals surface area contributed by atoms with Crippen LogP contribution in [0.4, 0.5) is 26.3 Å². The van der Waals surface area contributed by atoms with E-state index in [2.05, 4.69) is 16.4 Å². The van der Waals surface area contributed by atoms with Crippen molar-refractivity contribution in [3.8, 4) is 5.75 Å². The van der Waals surface area contributed by atoms with Crippen LogP contribution in [0.25, 0.3) is 0 Å². The number of unbranched alkanes of at least 4 members (excludes halogenated alkanes) is 2. The van der Waals surface area contributed by atoms with Crippen molar-refractivity contribution in [1.82, 2.24) is 0 Å². The van der Waals surface area contributed by atoms with Gasteiger partial charge in [0.2, 0.25) is 0 Å². The largest absolute Gasteiger partial charge is 0.573 e. The maximum absolute atomic E-state index is 14.1. The summed E-state index contributed by atoms with van der Waals surface area (Å²) in [4.78, 5) is 0. The second-order valence-electron chi connectivity index (χ2n) is 6.68. The first-order chi connectivity index (χ1) is 13.6. The number of ether oxygens (including phenoxy) is 2. The molecular weight excluding hydrogens is 398 g/mol. The average Bonchev–Trinajstić information content (AvgIpc) is 2.61. The Morgan fingerprint density at radius 1 is 0.862 bits per heavy atom. The van der Waals surface area contributed by atoms with Crippen LogP contribution < -0.4 is 4.74 Å². The average molecular weight is 420 g/mol. The summed E-state index contributed by atoms with van der Waals surface area (Å²) >= 11 is 0. The molecule has 0 amide bonds. The SMILES string of the molecule is CCCCCc1ccc(COC(F)(F)Cc2ccc(OC(F)(F)F)cc2)c(F)c1. The molecule has 0 saturated carbocycles. The molecule has 2 aromatic rings. The molecule has 0 atom stereocenters. The lowest BCUT2D eigenvalue weighted by Gasteiger charge is -2.18. The van der Waals surface area contributed by atoms with E-state index in [1.165, 1.54) is 12.1 Å². The molecule has 2 nitrogen and oxygen atoms in total. The summed E-state index contributed by atoms with van der Waals surface area (Å²) in [6, 6.07) is 8.50. The summed E-state index contributed by atoms with van der Waals surface area (Å²) < 4.78 is 86.8. The fraction of sp³-hybridized carbons (Fsp3) is 0.429. The maximum Gasteiger partial charge on any atom is 0.573 e. The smallest absolute Gasteiger partial charge is 0.406 e. The highest BCUT2D eigenvalue weighted by atomic mass is 19.4. The number of hydrogen-bond donors (Lipinski definition) is 0. The van der Waals surface area contributed by atoms with Gasteiger partial charge in [0.1, 0.15) is 11.6 Å². The zero-order chi connectivity index (χ0) is 21.5. The van der Waals surface area contributed by atoms with Crippen LogP contribution in [0, 0.1) is 5.82 Å². The molecule has 0 radical (unpaired) electrons. The van der Waals surface area contributed by atoms with Crippen LogP contribution in [0.1, 0.15) is 42.9 Å². The van der Waals surface area contributed by atoms with E-state index >= 15 is 0 Å². The predicted molar refractivity (Wildman–Crippen MR) is 96.2 cm³/mol. The Morgan fingerprint density at radius 2 is 1.52 bits per heavy atom. The normalized spacial score (nSPS) is 12.2. The minimum Gasteiger partial charge on any atom is -0.406 e. The minimum atomic E-state index is -4.86. The molecular formula is C21H22F6O2. The number of halogens is 6. The number of rotatable bonds is 10. The van der Waals surface area contributed by atoms with Crippen molar-refractivity contribution in [2.75, 3.05) is 0 Å². The van der Waals surface area contributed by atoms with E-state index in [9.17, 15) is 26.3 Å². The van der Waals surface area contributed by atoms with Crippen LogP contribution in [-0.4, -0.2) is 12.5 Å². The van der Waals surface area contributed by atoms with Crippen molar-refractivity contribution in [3.05, 3.63) is 65.0 Å². The summed E-state index contributed by atoms with van der Waals surface area (Å²) in [5, 5.41) is 0. The van der Waals surface area contributed by atoms with E-state index in [0.717, 1.165) is 55.5 Å². The highest BCUT2D eigenvalue weighted by Crippen LogP contribution is 2.27. The van der Waals surface area contributed by atoms with Crippen molar-refractivity contribution in [1.29, 1.82) is 0 Å². The van der Waals surface area contributed by atoms with E-state index in [4.69, 9.17) is 0 Å². The zero-order valence-electron chi connectivity index (χ0n) is 15.9. The van der Waals surface area contributed by atoms with Gasteiger partial charge in [0.05, 0.1) is 13.0 Å². The first-order valence-corrected chi connectivity index (χ1v) is 9.22. The predicted octanol–water partition coefficient (Wildman–Crippen LogP) is 6.81. The third-order valence-corrected chi connectivity index (χ3v) is 4.19. The number of alkyl halides is 5. The number of aryl methyl sites for hydroxylation is 1. The quantitative estimate of drug-likeness (QED) is 0.311. The molecule has 0 aliphatic heterocycles. The van der Waals surface area contributed by atoms with Crippen LogP contribution in [0.3, 0.4) is 0 Å². The van der Waals surface area contributed by atoms with Gasteiger partial charge in [0.25, 0.3) is 0 Å². The molecule has 0 aliphatic rings. The van der Waals surface area contributed by atoms with Gasteiger partial charge < -0.3 is 9.47 Å². The molecule has 0 fully saturated rings. The Balaban J connectivity index is 1.90. The third kappa shape index (κ3) is 8.35. The van der Waals surface area contributed by atoms with Crippen molar-refractivity contribution in [2.24, 2.45) is 0 Å². The van der Waals surface area contributed by atoms with Crippen molar-refractivity contribution in [2.45, 2.75) is 58.1 Å². The van der Waals surface area contributed by atoms with E-state index < -0.39 is 37.1 Å². The highest BCUT2D eigenvalue weighted by Gasteiger charge is 2.32. The lowest BCUT2D eigenvalue weighted by atomic mass is 10.1. The molecule has 0 N–H and O–H groups in total. The summed E-state index contributed by atoms with van der Waals surface area (Å²) in [6.45, 7) is 1.44. The van der Waals surface area contributed by atoms with Crippen molar-refractivity contribution < 1.29 is 35.8 Å². The summed E-state index contributed by atoms with van der Waals surface area (Å²) in [6.07, 6.45) is -5.62. The molecule has 2 aromatic carbocycles. The molecule has 0 heterocycles. The highest BCUT2D eigenvalue weighted by molar-refractivity contribution is 5.28. The number of hydrogen-bond acceptors (Lipinski definition) is 2. The van der Waals surface area contributed by atoms with Crippen molar-refractivity contribution in [3.63, 3.8) is 0 Å². The Hall–Kier alpha value is -2.22. The second-order valence-corrected chi connectivity index (χ2v) is 6.68. The van der Waals surface area contributed by atoms with Gasteiger partial charge in [-0.1, -0.05) is 44.0 Å². The van der Waals surface area contributed by atoms with Crippen LogP contribution in [0.15, 0.2) is 42.5 Å². The fourth-order valence-corrected chi connectivity index (χ4v) is 2.72. The number of benzene rings is 2. The van der Waals surface area contributed by atoms with Gasteiger partial charge in [-0.3, -0.25) is 0 Å². The molecule has 0 aromatic heterocycles.